The molecule has 2 heterocycles. The van der Waals surface area contributed by atoms with Crippen LogP contribution in [-0.4, -0.2) is 42.3 Å². The minimum Gasteiger partial charge on any atom is -0.489 e. The maximum atomic E-state index is 13.0. The summed E-state index contributed by atoms with van der Waals surface area (Å²) >= 11 is 6.22. The van der Waals surface area contributed by atoms with Crippen molar-refractivity contribution < 1.29 is 33.3 Å². The van der Waals surface area contributed by atoms with E-state index in [2.05, 4.69) is 0 Å². The van der Waals surface area contributed by atoms with E-state index in [-0.39, 0.29) is 19.1 Å². The molecule has 3 aromatic rings. The number of aryl methyl sites for hydroxylation is 1. The number of esters is 1. The highest BCUT2D eigenvalue weighted by Crippen LogP contribution is 2.41. The fraction of sp³-hybridized carbons (Fsp3) is 0.375. The highest BCUT2D eigenvalue weighted by molar-refractivity contribution is 6.31. The van der Waals surface area contributed by atoms with Gasteiger partial charge in [0, 0.05) is 11.4 Å². The van der Waals surface area contributed by atoms with E-state index in [4.69, 9.17) is 35.3 Å². The molecular weight excluding hydrogens is 546 g/mol. The van der Waals surface area contributed by atoms with E-state index in [1.165, 1.54) is 12.0 Å². The number of benzene rings is 3. The molecule has 2 aliphatic heterocycles. The van der Waals surface area contributed by atoms with Gasteiger partial charge in [0.05, 0.1) is 13.7 Å². The van der Waals surface area contributed by atoms with E-state index in [0.29, 0.717) is 24.7 Å². The van der Waals surface area contributed by atoms with Crippen LogP contribution in [0.15, 0.2) is 54.6 Å². The number of nitrogens with zero attached hydrogens (tertiary/aromatic N) is 1. The number of hydrogen-bond donors (Lipinski definition) is 0. The largest absolute Gasteiger partial charge is 0.489 e. The van der Waals surface area contributed by atoms with Crippen LogP contribution in [0.3, 0.4) is 0 Å². The predicted molar refractivity (Wildman–Crippen MR) is 154 cm³/mol. The lowest BCUT2D eigenvalue weighted by Gasteiger charge is -2.37. The highest BCUT2D eigenvalue weighted by atomic mass is 35.5. The quantitative estimate of drug-likeness (QED) is 0.316. The van der Waals surface area contributed by atoms with Gasteiger partial charge in [-0.3, -0.25) is 4.90 Å². The van der Waals surface area contributed by atoms with E-state index in [0.717, 1.165) is 38.6 Å². The van der Waals surface area contributed by atoms with Crippen LogP contribution in [0.1, 0.15) is 54.7 Å². The van der Waals surface area contributed by atoms with Crippen molar-refractivity contribution in [3.05, 3.63) is 87.4 Å². The first-order valence-corrected chi connectivity index (χ1v) is 13.9. The van der Waals surface area contributed by atoms with Gasteiger partial charge in [0.25, 0.3) is 0 Å². The normalized spacial score (nSPS) is 17.9. The molecule has 41 heavy (non-hydrogen) atoms. The molecule has 3 aromatic carbocycles. The first-order chi connectivity index (χ1) is 19.5. The zero-order valence-electron chi connectivity index (χ0n) is 23.9. The summed E-state index contributed by atoms with van der Waals surface area (Å²) in [5, 5.41) is 0.721. The van der Waals surface area contributed by atoms with Crippen molar-refractivity contribution in [2.75, 3.05) is 13.7 Å². The average molecular weight is 580 g/mol. The van der Waals surface area contributed by atoms with Crippen molar-refractivity contribution in [3.8, 4) is 17.2 Å². The SMILES string of the molecule is COC(=O)[C@@H]1Cc2cc3c(cc2CN1C(=O)OC(C)(C)C)OC(c1ccc(OCc2ccc(C)c(Cl)c2)cc1)CO3. The van der Waals surface area contributed by atoms with Crippen molar-refractivity contribution in [1.29, 1.82) is 0 Å². The Morgan fingerprint density at radius 3 is 2.44 bits per heavy atom. The van der Waals surface area contributed by atoms with Crippen LogP contribution in [0, 0.1) is 6.92 Å². The molecule has 1 amide bonds. The van der Waals surface area contributed by atoms with Gasteiger partial charge < -0.3 is 23.7 Å². The van der Waals surface area contributed by atoms with Gasteiger partial charge in [0.1, 0.15) is 30.6 Å². The second-order valence-electron chi connectivity index (χ2n) is 11.3. The molecule has 2 atom stereocenters. The topological polar surface area (TPSA) is 83.5 Å². The fourth-order valence-corrected chi connectivity index (χ4v) is 5.05. The minimum atomic E-state index is -0.790. The predicted octanol–water partition coefficient (Wildman–Crippen LogP) is 6.57. The number of rotatable bonds is 5. The fourth-order valence-electron chi connectivity index (χ4n) is 4.85. The van der Waals surface area contributed by atoms with Crippen LogP contribution in [0.5, 0.6) is 17.2 Å². The van der Waals surface area contributed by atoms with Crippen LogP contribution in [0.25, 0.3) is 0 Å². The van der Waals surface area contributed by atoms with Crippen LogP contribution in [0.4, 0.5) is 4.79 Å². The number of carbonyl (C=O) groups is 2. The molecule has 5 rings (SSSR count). The van der Waals surface area contributed by atoms with Crippen molar-refractivity contribution in [3.63, 3.8) is 0 Å². The molecule has 0 bridgehead atoms. The maximum Gasteiger partial charge on any atom is 0.411 e. The van der Waals surface area contributed by atoms with Crippen LogP contribution in [-0.2, 0) is 33.8 Å². The molecule has 8 nitrogen and oxygen atoms in total. The number of hydrogen-bond acceptors (Lipinski definition) is 7. The molecule has 0 N–H and O–H groups in total. The second-order valence-corrected chi connectivity index (χ2v) is 11.7. The minimum absolute atomic E-state index is 0.184. The lowest BCUT2D eigenvalue weighted by Crippen LogP contribution is -2.50. The molecule has 0 aliphatic carbocycles. The summed E-state index contributed by atoms with van der Waals surface area (Å²) < 4.78 is 28.9. The maximum absolute atomic E-state index is 13.0. The number of amides is 1. The molecule has 0 radical (unpaired) electrons. The van der Waals surface area contributed by atoms with Crippen LogP contribution >= 0.6 is 11.6 Å². The molecule has 0 saturated heterocycles. The van der Waals surface area contributed by atoms with Crippen molar-refractivity contribution >= 4 is 23.7 Å². The Balaban J connectivity index is 1.29. The third-order valence-electron chi connectivity index (χ3n) is 7.05. The lowest BCUT2D eigenvalue weighted by atomic mass is 9.93. The van der Waals surface area contributed by atoms with Gasteiger partial charge in [-0.25, -0.2) is 9.59 Å². The zero-order chi connectivity index (χ0) is 29.3. The molecular formula is C32H34ClNO7. The molecule has 0 saturated carbocycles. The Kier molecular flexibility index (Phi) is 8.04. The van der Waals surface area contributed by atoms with Gasteiger partial charge in [0.2, 0.25) is 0 Å². The van der Waals surface area contributed by atoms with Crippen molar-refractivity contribution in [2.24, 2.45) is 0 Å². The summed E-state index contributed by atoms with van der Waals surface area (Å²) in [6, 6.07) is 16.6. The van der Waals surface area contributed by atoms with E-state index >= 15 is 0 Å². The summed E-state index contributed by atoms with van der Waals surface area (Å²) in [6.07, 6.45) is -0.602. The van der Waals surface area contributed by atoms with Gasteiger partial charge >= 0.3 is 12.1 Å². The summed E-state index contributed by atoms with van der Waals surface area (Å²) in [6.45, 7) is 8.26. The zero-order valence-corrected chi connectivity index (χ0v) is 24.6. The first kappa shape index (κ1) is 28.6. The van der Waals surface area contributed by atoms with Gasteiger partial charge in [-0.15, -0.1) is 0 Å². The smallest absolute Gasteiger partial charge is 0.411 e. The Bertz CT molecular complexity index is 1450. The highest BCUT2D eigenvalue weighted by Gasteiger charge is 2.39. The Morgan fingerprint density at radius 2 is 1.76 bits per heavy atom. The summed E-state index contributed by atoms with van der Waals surface area (Å²) in [4.78, 5) is 27.0. The second kappa shape index (κ2) is 11.5. The average Bonchev–Trinajstić information content (AvgIpc) is 2.94. The van der Waals surface area contributed by atoms with Gasteiger partial charge in [-0.1, -0.05) is 35.9 Å². The van der Waals surface area contributed by atoms with E-state index < -0.39 is 23.7 Å². The molecule has 0 aromatic heterocycles. The third kappa shape index (κ3) is 6.54. The van der Waals surface area contributed by atoms with Crippen molar-refractivity contribution in [2.45, 2.75) is 65.0 Å². The number of methoxy groups -OCH3 is 1. The van der Waals surface area contributed by atoms with E-state index in [1.807, 2.05) is 61.5 Å². The van der Waals surface area contributed by atoms with Gasteiger partial charge in [-0.05, 0) is 85.8 Å². The molecule has 9 heteroatoms. The molecule has 0 fully saturated rings. The van der Waals surface area contributed by atoms with Gasteiger partial charge in [0.15, 0.2) is 17.6 Å². The first-order valence-electron chi connectivity index (χ1n) is 13.5. The standard InChI is InChI=1S/C32H34ClNO7/c1-19-6-7-20(12-25(19)33)17-38-24-10-8-21(9-11-24)29-18-39-27-14-22-13-26(30(35)37-5)34(31(36)41-32(2,3)4)16-23(22)15-28(27)40-29/h6-12,14-15,26,29H,13,16-18H2,1-5H3/t26-,29?/m0/s1. The summed E-state index contributed by atoms with van der Waals surface area (Å²) in [5.41, 5.74) is 4.03. The molecule has 1 unspecified atom stereocenters. The molecule has 216 valence electrons. The molecule has 0 spiro atoms. The monoisotopic (exact) mass is 579 g/mol. The number of carbonyl (C=O) groups excluding carboxylic acids is 2. The number of fused-ring (bicyclic) bond motifs is 2. The van der Waals surface area contributed by atoms with E-state index in [1.54, 1.807) is 20.8 Å². The lowest BCUT2D eigenvalue weighted by molar-refractivity contribution is -0.147. The third-order valence-corrected chi connectivity index (χ3v) is 7.46. The van der Waals surface area contributed by atoms with Crippen molar-refractivity contribution in [1.82, 2.24) is 4.90 Å². The summed E-state index contributed by atoms with van der Waals surface area (Å²) in [5.74, 6) is 1.42. The summed E-state index contributed by atoms with van der Waals surface area (Å²) in [7, 11) is 1.31. The van der Waals surface area contributed by atoms with E-state index in [9.17, 15) is 9.59 Å². The van der Waals surface area contributed by atoms with Gasteiger partial charge in [-0.2, -0.15) is 0 Å². The Morgan fingerprint density at radius 1 is 1.02 bits per heavy atom. The molecule has 2 aliphatic rings. The van der Waals surface area contributed by atoms with Crippen LogP contribution < -0.4 is 14.2 Å². The Hall–Kier alpha value is -3.91. The number of halogens is 1. The number of ether oxygens (including phenoxy) is 5. The Labute approximate surface area is 245 Å². The van der Waals surface area contributed by atoms with Crippen LogP contribution in [0.2, 0.25) is 5.02 Å².